The summed E-state index contributed by atoms with van der Waals surface area (Å²) < 4.78 is 5.51. The van der Waals surface area contributed by atoms with Gasteiger partial charge in [0, 0.05) is 18.0 Å². The summed E-state index contributed by atoms with van der Waals surface area (Å²) in [6, 6.07) is 8.97. The van der Waals surface area contributed by atoms with Gasteiger partial charge in [-0.1, -0.05) is 18.6 Å². The maximum absolute atomic E-state index is 5.51. The summed E-state index contributed by atoms with van der Waals surface area (Å²) in [4.78, 5) is 0. The Morgan fingerprint density at radius 2 is 1.89 bits per heavy atom. The summed E-state index contributed by atoms with van der Waals surface area (Å²) in [7, 11) is 4.11. The van der Waals surface area contributed by atoms with E-state index >= 15 is 0 Å². The molecule has 0 saturated heterocycles. The van der Waals surface area contributed by atoms with Crippen LogP contribution in [0.25, 0.3) is 0 Å². The van der Waals surface area contributed by atoms with Crippen molar-refractivity contribution in [3.8, 4) is 5.75 Å². The smallest absolute Gasteiger partial charge is 0.119 e. The van der Waals surface area contributed by atoms with Crippen LogP contribution in [-0.2, 0) is 0 Å². The van der Waals surface area contributed by atoms with E-state index in [0.29, 0.717) is 11.5 Å². The zero-order valence-electron chi connectivity index (χ0n) is 12.3. The number of hydrogen-bond donors (Lipinski definition) is 2. The molecule has 0 radical (unpaired) electrons. The minimum Gasteiger partial charge on any atom is -0.494 e. The molecule has 1 fully saturated rings. The standard InChI is InChI=1S/C16H26N2O/c1-4-19-14-8-6-13(7-9-14)15(18-3)16(12-17-2)10-5-11-16/h6-9,15,17-18H,4-5,10-12H2,1-3H3. The van der Waals surface area contributed by atoms with Crippen LogP contribution in [0.1, 0.15) is 37.8 Å². The van der Waals surface area contributed by atoms with Crippen LogP contribution >= 0.6 is 0 Å². The second kappa shape index (κ2) is 6.40. The molecule has 1 saturated carbocycles. The van der Waals surface area contributed by atoms with Crippen LogP contribution in [0.2, 0.25) is 0 Å². The van der Waals surface area contributed by atoms with Crippen LogP contribution in [-0.4, -0.2) is 27.2 Å². The molecule has 1 aromatic rings. The summed E-state index contributed by atoms with van der Waals surface area (Å²) >= 11 is 0. The lowest BCUT2D eigenvalue weighted by atomic mass is 9.62. The molecular weight excluding hydrogens is 236 g/mol. The predicted molar refractivity (Wildman–Crippen MR) is 79.6 cm³/mol. The van der Waals surface area contributed by atoms with Crippen molar-refractivity contribution in [3.63, 3.8) is 0 Å². The highest BCUT2D eigenvalue weighted by Crippen LogP contribution is 2.49. The molecule has 0 amide bonds. The SMILES string of the molecule is CCOc1ccc(C(NC)C2(CNC)CCC2)cc1. The van der Waals surface area contributed by atoms with E-state index in [0.717, 1.165) is 18.9 Å². The quantitative estimate of drug-likeness (QED) is 0.792. The first-order valence-electron chi connectivity index (χ1n) is 7.30. The fraction of sp³-hybridized carbons (Fsp3) is 0.625. The molecule has 1 aliphatic rings. The lowest BCUT2D eigenvalue weighted by Crippen LogP contribution is -2.47. The van der Waals surface area contributed by atoms with Crippen LogP contribution in [0.4, 0.5) is 0 Å². The molecule has 1 unspecified atom stereocenters. The molecule has 2 rings (SSSR count). The van der Waals surface area contributed by atoms with Crippen molar-refractivity contribution >= 4 is 0 Å². The largest absolute Gasteiger partial charge is 0.494 e. The zero-order valence-corrected chi connectivity index (χ0v) is 12.3. The number of hydrogen-bond acceptors (Lipinski definition) is 3. The lowest BCUT2D eigenvalue weighted by Gasteiger charge is -2.48. The highest BCUT2D eigenvalue weighted by Gasteiger charge is 2.43. The van der Waals surface area contributed by atoms with Crippen molar-refractivity contribution in [2.45, 2.75) is 32.2 Å². The van der Waals surface area contributed by atoms with Crippen molar-refractivity contribution in [1.29, 1.82) is 0 Å². The number of rotatable bonds is 7. The molecule has 1 aliphatic carbocycles. The van der Waals surface area contributed by atoms with Gasteiger partial charge in [0.1, 0.15) is 5.75 Å². The molecule has 0 spiro atoms. The van der Waals surface area contributed by atoms with Gasteiger partial charge in [-0.25, -0.2) is 0 Å². The predicted octanol–water partition coefficient (Wildman–Crippen LogP) is 2.74. The van der Waals surface area contributed by atoms with E-state index in [9.17, 15) is 0 Å². The summed E-state index contributed by atoms with van der Waals surface area (Å²) in [5, 5.41) is 6.88. The summed E-state index contributed by atoms with van der Waals surface area (Å²) in [5.74, 6) is 0.956. The average Bonchev–Trinajstić information content (AvgIpc) is 2.39. The molecule has 0 aliphatic heterocycles. The molecular formula is C16H26N2O. The third-order valence-electron chi connectivity index (χ3n) is 4.30. The average molecular weight is 262 g/mol. The molecule has 0 heterocycles. The first-order chi connectivity index (χ1) is 9.25. The highest BCUT2D eigenvalue weighted by molar-refractivity contribution is 5.31. The molecule has 1 aromatic carbocycles. The Bertz CT molecular complexity index is 384. The van der Waals surface area contributed by atoms with E-state index in [1.54, 1.807) is 0 Å². The van der Waals surface area contributed by atoms with E-state index in [4.69, 9.17) is 4.74 Å². The fourth-order valence-corrected chi connectivity index (χ4v) is 3.30. The van der Waals surface area contributed by atoms with Gasteiger partial charge in [0.15, 0.2) is 0 Å². The van der Waals surface area contributed by atoms with Gasteiger partial charge in [-0.05, 0) is 51.6 Å². The monoisotopic (exact) mass is 262 g/mol. The van der Waals surface area contributed by atoms with Gasteiger partial charge in [0.05, 0.1) is 6.61 Å². The summed E-state index contributed by atoms with van der Waals surface area (Å²) in [5.41, 5.74) is 1.73. The fourth-order valence-electron chi connectivity index (χ4n) is 3.30. The highest BCUT2D eigenvalue weighted by atomic mass is 16.5. The van der Waals surface area contributed by atoms with Gasteiger partial charge >= 0.3 is 0 Å². The van der Waals surface area contributed by atoms with Crippen LogP contribution < -0.4 is 15.4 Å². The number of nitrogens with one attached hydrogen (secondary N) is 2. The molecule has 0 bridgehead atoms. The van der Waals surface area contributed by atoms with Crippen molar-refractivity contribution in [1.82, 2.24) is 10.6 Å². The minimum absolute atomic E-state index is 0.372. The minimum atomic E-state index is 0.372. The second-order valence-corrected chi connectivity index (χ2v) is 5.47. The third kappa shape index (κ3) is 2.93. The van der Waals surface area contributed by atoms with Crippen molar-refractivity contribution in [2.75, 3.05) is 27.2 Å². The Hall–Kier alpha value is -1.06. The van der Waals surface area contributed by atoms with E-state index in [-0.39, 0.29) is 0 Å². The van der Waals surface area contributed by atoms with Crippen LogP contribution in [0, 0.1) is 5.41 Å². The van der Waals surface area contributed by atoms with Gasteiger partial charge in [-0.3, -0.25) is 0 Å². The maximum Gasteiger partial charge on any atom is 0.119 e. The van der Waals surface area contributed by atoms with Gasteiger partial charge in [0.25, 0.3) is 0 Å². The summed E-state index contributed by atoms with van der Waals surface area (Å²) in [6.07, 6.45) is 3.94. The first-order valence-corrected chi connectivity index (χ1v) is 7.30. The van der Waals surface area contributed by atoms with Gasteiger partial charge in [-0.2, -0.15) is 0 Å². The zero-order chi connectivity index (χ0) is 13.7. The van der Waals surface area contributed by atoms with Gasteiger partial charge in [-0.15, -0.1) is 0 Å². The Morgan fingerprint density at radius 3 is 2.32 bits per heavy atom. The van der Waals surface area contributed by atoms with Crippen LogP contribution in [0.15, 0.2) is 24.3 Å². The molecule has 2 N–H and O–H groups in total. The second-order valence-electron chi connectivity index (χ2n) is 5.47. The van der Waals surface area contributed by atoms with Gasteiger partial charge in [0.2, 0.25) is 0 Å². The van der Waals surface area contributed by atoms with Crippen molar-refractivity contribution < 1.29 is 4.74 Å². The first kappa shape index (κ1) is 14.4. The van der Waals surface area contributed by atoms with Crippen LogP contribution in [0.5, 0.6) is 5.75 Å². The Morgan fingerprint density at radius 1 is 1.21 bits per heavy atom. The normalized spacial score (nSPS) is 18.7. The molecule has 106 valence electrons. The number of ether oxygens (including phenoxy) is 1. The van der Waals surface area contributed by atoms with Crippen molar-refractivity contribution in [2.24, 2.45) is 5.41 Å². The van der Waals surface area contributed by atoms with Crippen LogP contribution in [0.3, 0.4) is 0 Å². The van der Waals surface area contributed by atoms with E-state index in [1.807, 2.05) is 14.0 Å². The molecule has 19 heavy (non-hydrogen) atoms. The lowest BCUT2D eigenvalue weighted by molar-refractivity contribution is 0.0788. The third-order valence-corrected chi connectivity index (χ3v) is 4.30. The Kier molecular flexibility index (Phi) is 4.83. The molecule has 3 heteroatoms. The van der Waals surface area contributed by atoms with E-state index < -0.39 is 0 Å². The maximum atomic E-state index is 5.51. The Labute approximate surface area is 116 Å². The van der Waals surface area contributed by atoms with E-state index in [2.05, 4.69) is 41.9 Å². The molecule has 1 atom stereocenters. The molecule has 3 nitrogen and oxygen atoms in total. The van der Waals surface area contributed by atoms with Crippen molar-refractivity contribution in [3.05, 3.63) is 29.8 Å². The number of benzene rings is 1. The topological polar surface area (TPSA) is 33.3 Å². The van der Waals surface area contributed by atoms with Gasteiger partial charge < -0.3 is 15.4 Å². The summed E-state index contributed by atoms with van der Waals surface area (Å²) in [6.45, 7) is 3.81. The molecule has 0 aromatic heterocycles. The Balaban J connectivity index is 2.16. The van der Waals surface area contributed by atoms with E-state index in [1.165, 1.54) is 24.8 Å².